The smallest absolute Gasteiger partial charge is 0.277 e. The lowest BCUT2D eigenvalue weighted by molar-refractivity contribution is 0.0956. The zero-order valence-corrected chi connectivity index (χ0v) is 12.8. The number of amides is 1. The van der Waals surface area contributed by atoms with Gasteiger partial charge in [-0.05, 0) is 19.5 Å². The number of likely N-dealkylation sites (N-methyl/N-ethyl adjacent to an activating group) is 1. The van der Waals surface area contributed by atoms with Crippen LogP contribution in [0.2, 0.25) is 0 Å². The first-order valence-electron chi connectivity index (χ1n) is 6.88. The largest absolute Gasteiger partial charge is 0.303 e. The van der Waals surface area contributed by atoms with Gasteiger partial charge in [-0.1, -0.05) is 27.2 Å². The summed E-state index contributed by atoms with van der Waals surface area (Å²) >= 11 is 1.47. The fourth-order valence-corrected chi connectivity index (χ4v) is 2.95. The zero-order chi connectivity index (χ0) is 14.3. The molecule has 5 nitrogen and oxygen atoms in total. The summed E-state index contributed by atoms with van der Waals surface area (Å²) in [5.74, 6) is 4.99. The molecule has 3 N–H and O–H groups in total. The predicted molar refractivity (Wildman–Crippen MR) is 79.3 cm³/mol. The number of nitrogens with zero attached hydrogens (tertiary/aromatic N) is 2. The van der Waals surface area contributed by atoms with Gasteiger partial charge in [-0.25, -0.2) is 10.8 Å². The van der Waals surface area contributed by atoms with E-state index in [1.54, 1.807) is 0 Å². The summed E-state index contributed by atoms with van der Waals surface area (Å²) in [6.45, 7) is 9.46. The molecule has 0 saturated carbocycles. The monoisotopic (exact) mass is 284 g/mol. The molecule has 0 fully saturated rings. The number of carbonyl (C=O) groups is 1. The average molecular weight is 284 g/mol. The fraction of sp³-hybridized carbons (Fsp3) is 0.692. The quantitative estimate of drug-likeness (QED) is 0.432. The van der Waals surface area contributed by atoms with Gasteiger partial charge in [-0.3, -0.25) is 10.2 Å². The summed E-state index contributed by atoms with van der Waals surface area (Å²) in [4.78, 5) is 19.3. The van der Waals surface area contributed by atoms with Crippen LogP contribution in [0.3, 0.4) is 0 Å². The van der Waals surface area contributed by atoms with Crippen molar-refractivity contribution < 1.29 is 4.79 Å². The molecule has 1 aromatic rings. The maximum absolute atomic E-state index is 11.7. The van der Waals surface area contributed by atoms with Crippen LogP contribution in [0.1, 0.15) is 47.6 Å². The van der Waals surface area contributed by atoms with E-state index in [4.69, 9.17) is 5.84 Å². The van der Waals surface area contributed by atoms with Crippen molar-refractivity contribution in [1.29, 1.82) is 0 Å². The molecule has 0 aliphatic rings. The van der Waals surface area contributed by atoms with Gasteiger partial charge >= 0.3 is 0 Å². The number of nitrogens with one attached hydrogen (secondary N) is 1. The zero-order valence-electron chi connectivity index (χ0n) is 12.0. The van der Waals surface area contributed by atoms with Crippen LogP contribution in [0.25, 0.3) is 0 Å². The maximum atomic E-state index is 11.7. The molecule has 0 atom stereocenters. The summed E-state index contributed by atoms with van der Waals surface area (Å²) in [7, 11) is 0. The van der Waals surface area contributed by atoms with Crippen molar-refractivity contribution in [1.82, 2.24) is 15.3 Å². The molecule has 0 unspecified atom stereocenters. The van der Waals surface area contributed by atoms with Gasteiger partial charge in [0, 0.05) is 13.0 Å². The molecule has 0 bridgehead atoms. The van der Waals surface area contributed by atoms with Crippen LogP contribution in [0, 0.1) is 0 Å². The third-order valence-corrected chi connectivity index (χ3v) is 4.26. The summed E-state index contributed by atoms with van der Waals surface area (Å²) in [5, 5.41) is 1.02. The minimum absolute atomic E-state index is 0.227. The van der Waals surface area contributed by atoms with Crippen LogP contribution in [0.15, 0.2) is 0 Å². The maximum Gasteiger partial charge on any atom is 0.277 e. The van der Waals surface area contributed by atoms with Gasteiger partial charge in [0.2, 0.25) is 0 Å². The summed E-state index contributed by atoms with van der Waals surface area (Å²) in [6, 6.07) is 0. The van der Waals surface area contributed by atoms with E-state index in [-0.39, 0.29) is 5.91 Å². The van der Waals surface area contributed by atoms with Gasteiger partial charge in [0.15, 0.2) is 0 Å². The highest BCUT2D eigenvalue weighted by molar-refractivity contribution is 7.13. The standard InChI is InChI=1S/C13H24N4OS/c1-4-7-10-12(13(18)16-14)19-11(15-10)8-9-17(5-2)6-3/h4-9,14H2,1-3H3,(H,16,18). The summed E-state index contributed by atoms with van der Waals surface area (Å²) in [6.07, 6.45) is 2.69. The van der Waals surface area contributed by atoms with E-state index in [2.05, 4.69) is 36.1 Å². The van der Waals surface area contributed by atoms with E-state index in [0.717, 1.165) is 49.6 Å². The van der Waals surface area contributed by atoms with Crippen molar-refractivity contribution in [2.24, 2.45) is 5.84 Å². The highest BCUT2D eigenvalue weighted by Gasteiger charge is 2.16. The van der Waals surface area contributed by atoms with Crippen LogP contribution in [-0.2, 0) is 12.8 Å². The van der Waals surface area contributed by atoms with Crippen LogP contribution in [-0.4, -0.2) is 35.4 Å². The lowest BCUT2D eigenvalue weighted by Gasteiger charge is -2.16. The first-order valence-corrected chi connectivity index (χ1v) is 7.69. The van der Waals surface area contributed by atoms with Crippen LogP contribution in [0.5, 0.6) is 0 Å². The number of nitrogen functional groups attached to an aromatic ring is 1. The minimum atomic E-state index is -0.227. The first-order chi connectivity index (χ1) is 9.15. The molecule has 0 aliphatic carbocycles. The molecular weight excluding hydrogens is 260 g/mol. The van der Waals surface area contributed by atoms with Gasteiger partial charge in [0.1, 0.15) is 4.88 Å². The molecule has 1 rings (SSSR count). The average Bonchev–Trinajstić information content (AvgIpc) is 2.82. The molecule has 0 radical (unpaired) electrons. The first kappa shape index (κ1) is 16.1. The number of thiazole rings is 1. The minimum Gasteiger partial charge on any atom is -0.303 e. The molecular formula is C13H24N4OS. The molecule has 0 spiro atoms. The lowest BCUT2D eigenvalue weighted by atomic mass is 10.2. The Morgan fingerprint density at radius 1 is 1.32 bits per heavy atom. The normalized spacial score (nSPS) is 11.0. The van der Waals surface area contributed by atoms with Crippen molar-refractivity contribution >= 4 is 17.2 Å². The van der Waals surface area contributed by atoms with Gasteiger partial charge in [-0.2, -0.15) is 0 Å². The highest BCUT2D eigenvalue weighted by Crippen LogP contribution is 2.20. The number of hydrogen-bond donors (Lipinski definition) is 2. The van der Waals surface area contributed by atoms with Crippen molar-refractivity contribution in [3.05, 3.63) is 15.6 Å². The fourth-order valence-electron chi connectivity index (χ4n) is 1.95. The number of hydrogen-bond acceptors (Lipinski definition) is 5. The molecule has 0 aromatic carbocycles. The lowest BCUT2D eigenvalue weighted by Crippen LogP contribution is -2.30. The van der Waals surface area contributed by atoms with Gasteiger partial charge < -0.3 is 4.90 Å². The molecule has 108 valence electrons. The van der Waals surface area contributed by atoms with E-state index >= 15 is 0 Å². The Balaban J connectivity index is 2.76. The summed E-state index contributed by atoms with van der Waals surface area (Å²) in [5.41, 5.74) is 3.08. The van der Waals surface area contributed by atoms with Crippen molar-refractivity contribution in [3.8, 4) is 0 Å². The molecule has 19 heavy (non-hydrogen) atoms. The molecule has 1 aromatic heterocycles. The van der Waals surface area contributed by atoms with Gasteiger partial charge in [0.25, 0.3) is 5.91 Å². The van der Waals surface area contributed by atoms with E-state index < -0.39 is 0 Å². The number of carbonyl (C=O) groups excluding carboxylic acids is 1. The topological polar surface area (TPSA) is 71.2 Å². The van der Waals surface area contributed by atoms with E-state index in [1.165, 1.54) is 11.3 Å². The number of rotatable bonds is 8. The van der Waals surface area contributed by atoms with Gasteiger partial charge in [-0.15, -0.1) is 11.3 Å². The Morgan fingerprint density at radius 3 is 2.53 bits per heavy atom. The van der Waals surface area contributed by atoms with Crippen molar-refractivity contribution in [2.75, 3.05) is 19.6 Å². The SMILES string of the molecule is CCCc1nc(CCN(CC)CC)sc1C(=O)NN. The van der Waals surface area contributed by atoms with E-state index in [1.807, 2.05) is 0 Å². The molecule has 1 heterocycles. The van der Waals surface area contributed by atoms with Crippen LogP contribution >= 0.6 is 11.3 Å². The Hall–Kier alpha value is -0.980. The molecule has 0 aliphatic heterocycles. The molecule has 1 amide bonds. The Morgan fingerprint density at radius 2 is 2.00 bits per heavy atom. The molecule has 6 heteroatoms. The second-order valence-corrected chi connectivity index (χ2v) is 5.47. The van der Waals surface area contributed by atoms with Crippen LogP contribution < -0.4 is 11.3 Å². The third-order valence-electron chi connectivity index (χ3n) is 3.10. The predicted octanol–water partition coefficient (Wildman–Crippen LogP) is 1.58. The van der Waals surface area contributed by atoms with E-state index in [9.17, 15) is 4.79 Å². The second kappa shape index (κ2) is 8.24. The Labute approximate surface area is 119 Å². The Bertz CT molecular complexity index is 401. The van der Waals surface area contributed by atoms with Crippen LogP contribution in [0.4, 0.5) is 0 Å². The second-order valence-electron chi connectivity index (χ2n) is 4.38. The Kier molecular flexibility index (Phi) is 6.97. The number of hydrazine groups is 1. The number of aromatic nitrogens is 1. The van der Waals surface area contributed by atoms with Crippen molar-refractivity contribution in [3.63, 3.8) is 0 Å². The van der Waals surface area contributed by atoms with Crippen molar-refractivity contribution in [2.45, 2.75) is 40.0 Å². The number of nitrogens with two attached hydrogens (primary N) is 1. The number of aryl methyl sites for hydroxylation is 1. The molecule has 0 saturated heterocycles. The van der Waals surface area contributed by atoms with E-state index in [0.29, 0.717) is 4.88 Å². The summed E-state index contributed by atoms with van der Waals surface area (Å²) < 4.78 is 0. The van der Waals surface area contributed by atoms with Gasteiger partial charge in [0.05, 0.1) is 10.7 Å². The highest BCUT2D eigenvalue weighted by atomic mass is 32.1. The third kappa shape index (κ3) is 4.56.